The third kappa shape index (κ3) is 6.37. The van der Waals surface area contributed by atoms with Crippen LogP contribution in [0.25, 0.3) is 17.4 Å². The second-order valence-electron chi connectivity index (χ2n) is 7.05. The summed E-state index contributed by atoms with van der Waals surface area (Å²) in [6, 6.07) is 11.9. The topological polar surface area (TPSA) is 128 Å². The molecule has 1 aromatic carbocycles. The van der Waals surface area contributed by atoms with Gasteiger partial charge in [-0.15, -0.1) is 11.3 Å². The number of anilines is 1. The first-order valence-electron chi connectivity index (χ1n) is 10.4. The van der Waals surface area contributed by atoms with Gasteiger partial charge in [-0.25, -0.2) is 9.59 Å². The number of ether oxygens (including phenoxy) is 3. The number of rotatable bonds is 9. The van der Waals surface area contributed by atoms with Crippen LogP contribution in [0.4, 0.5) is 5.00 Å². The molecule has 10 heteroatoms. The van der Waals surface area contributed by atoms with E-state index in [1.54, 1.807) is 61.7 Å². The van der Waals surface area contributed by atoms with Crippen molar-refractivity contribution in [3.8, 4) is 23.1 Å². The smallest absolute Gasteiger partial charge is 0.349 e. The Morgan fingerprint density at radius 1 is 1.14 bits per heavy atom. The SMILES string of the molecule is CCOC(=O)c1c(-c2ccc(C)o2)csc1NC(=O)COC(=O)/C(C#N)=C/c1ccc(OC)cc1. The number of carbonyl (C=O) groups excluding carboxylic acids is 3. The molecule has 0 radical (unpaired) electrons. The van der Waals surface area contributed by atoms with Crippen molar-refractivity contribution in [2.45, 2.75) is 13.8 Å². The molecule has 35 heavy (non-hydrogen) atoms. The van der Waals surface area contributed by atoms with Crippen LogP contribution >= 0.6 is 11.3 Å². The second kappa shape index (κ2) is 11.7. The van der Waals surface area contributed by atoms with E-state index in [0.29, 0.717) is 28.4 Å². The number of carbonyl (C=O) groups is 3. The Labute approximate surface area is 205 Å². The van der Waals surface area contributed by atoms with Crippen LogP contribution in [0, 0.1) is 18.3 Å². The molecule has 0 atom stereocenters. The Kier molecular flexibility index (Phi) is 8.43. The lowest BCUT2D eigenvalue weighted by atomic mass is 10.1. The molecule has 2 heterocycles. The van der Waals surface area contributed by atoms with Gasteiger partial charge in [0, 0.05) is 10.9 Å². The Morgan fingerprint density at radius 2 is 1.89 bits per heavy atom. The Hall–Kier alpha value is -4.36. The first-order chi connectivity index (χ1) is 16.9. The van der Waals surface area contributed by atoms with E-state index in [0.717, 1.165) is 11.3 Å². The molecule has 1 amide bonds. The second-order valence-corrected chi connectivity index (χ2v) is 7.93. The third-order valence-corrected chi connectivity index (χ3v) is 5.53. The molecule has 0 fully saturated rings. The van der Waals surface area contributed by atoms with Crippen LogP contribution in [0.2, 0.25) is 0 Å². The van der Waals surface area contributed by atoms with Crippen molar-refractivity contribution in [2.24, 2.45) is 0 Å². The maximum atomic E-state index is 12.6. The Balaban J connectivity index is 1.70. The molecular formula is C25H22N2O7S. The normalized spacial score (nSPS) is 10.9. The molecule has 1 N–H and O–H groups in total. The molecule has 0 saturated heterocycles. The number of furan rings is 1. The molecule has 9 nitrogen and oxygen atoms in total. The molecule has 0 bridgehead atoms. The molecule has 0 aliphatic rings. The number of aryl methyl sites for hydroxylation is 1. The molecule has 2 aromatic heterocycles. The van der Waals surface area contributed by atoms with E-state index in [1.165, 1.54) is 13.2 Å². The molecule has 3 rings (SSSR count). The minimum atomic E-state index is -0.956. The summed E-state index contributed by atoms with van der Waals surface area (Å²) < 4.78 is 20.8. The number of amides is 1. The van der Waals surface area contributed by atoms with Gasteiger partial charge < -0.3 is 23.9 Å². The zero-order valence-electron chi connectivity index (χ0n) is 19.2. The Bertz CT molecular complexity index is 1300. The van der Waals surface area contributed by atoms with Crippen LogP contribution in [0.15, 0.2) is 51.8 Å². The molecular weight excluding hydrogens is 472 g/mol. The number of nitriles is 1. The molecule has 0 unspecified atom stereocenters. The molecule has 0 spiro atoms. The molecule has 180 valence electrons. The van der Waals surface area contributed by atoms with Gasteiger partial charge in [0.25, 0.3) is 5.91 Å². The maximum absolute atomic E-state index is 12.6. The highest BCUT2D eigenvalue weighted by Gasteiger charge is 2.25. The fourth-order valence-electron chi connectivity index (χ4n) is 2.99. The minimum absolute atomic E-state index is 0.142. The summed E-state index contributed by atoms with van der Waals surface area (Å²) >= 11 is 1.11. The van der Waals surface area contributed by atoms with Crippen LogP contribution in [0.5, 0.6) is 5.75 Å². The van der Waals surface area contributed by atoms with Gasteiger partial charge >= 0.3 is 11.9 Å². The van der Waals surface area contributed by atoms with E-state index >= 15 is 0 Å². The highest BCUT2D eigenvalue weighted by atomic mass is 32.1. The van der Waals surface area contributed by atoms with E-state index in [4.69, 9.17) is 18.6 Å². The van der Waals surface area contributed by atoms with Gasteiger partial charge in [-0.05, 0) is 49.8 Å². The summed E-state index contributed by atoms with van der Waals surface area (Å²) in [7, 11) is 1.53. The first-order valence-corrected chi connectivity index (χ1v) is 11.3. The van der Waals surface area contributed by atoms with Gasteiger partial charge in [-0.2, -0.15) is 5.26 Å². The summed E-state index contributed by atoms with van der Waals surface area (Å²) in [5.74, 6) is -0.525. The number of thiophene rings is 1. The third-order valence-electron chi connectivity index (χ3n) is 4.63. The lowest BCUT2D eigenvalue weighted by Crippen LogP contribution is -2.22. The van der Waals surface area contributed by atoms with Crippen LogP contribution < -0.4 is 10.1 Å². The first kappa shape index (κ1) is 25.3. The highest BCUT2D eigenvalue weighted by molar-refractivity contribution is 7.15. The van der Waals surface area contributed by atoms with Crippen molar-refractivity contribution < 1.29 is 33.0 Å². The van der Waals surface area contributed by atoms with Crippen molar-refractivity contribution in [1.29, 1.82) is 5.26 Å². The minimum Gasteiger partial charge on any atom is -0.497 e. The van der Waals surface area contributed by atoms with Gasteiger partial charge in [0.05, 0.1) is 13.7 Å². The quantitative estimate of drug-likeness (QED) is 0.260. The van der Waals surface area contributed by atoms with Crippen LogP contribution in [-0.4, -0.2) is 38.2 Å². The maximum Gasteiger partial charge on any atom is 0.349 e. The van der Waals surface area contributed by atoms with Crippen molar-refractivity contribution in [2.75, 3.05) is 25.6 Å². The lowest BCUT2D eigenvalue weighted by Gasteiger charge is -2.08. The van der Waals surface area contributed by atoms with Crippen molar-refractivity contribution >= 4 is 40.3 Å². The summed E-state index contributed by atoms with van der Waals surface area (Å²) in [5, 5.41) is 13.8. The summed E-state index contributed by atoms with van der Waals surface area (Å²) in [6.45, 7) is 2.93. The number of nitrogens with zero attached hydrogens (tertiary/aromatic N) is 1. The van der Waals surface area contributed by atoms with Crippen LogP contribution in [0.3, 0.4) is 0 Å². The fraction of sp³-hybridized carbons (Fsp3) is 0.200. The van der Waals surface area contributed by atoms with E-state index in [9.17, 15) is 19.6 Å². The van der Waals surface area contributed by atoms with Gasteiger partial charge in [0.15, 0.2) is 6.61 Å². The van der Waals surface area contributed by atoms with Crippen molar-refractivity contribution in [3.63, 3.8) is 0 Å². The molecule has 0 saturated carbocycles. The van der Waals surface area contributed by atoms with Crippen LogP contribution in [0.1, 0.15) is 28.6 Å². The monoisotopic (exact) mass is 494 g/mol. The summed E-state index contributed by atoms with van der Waals surface area (Å²) in [6.07, 6.45) is 1.34. The summed E-state index contributed by atoms with van der Waals surface area (Å²) in [4.78, 5) is 37.3. The molecule has 0 aliphatic heterocycles. The Morgan fingerprint density at radius 3 is 2.49 bits per heavy atom. The lowest BCUT2D eigenvalue weighted by molar-refractivity contribution is -0.142. The fourth-order valence-corrected chi connectivity index (χ4v) is 3.95. The molecule has 0 aliphatic carbocycles. The zero-order valence-corrected chi connectivity index (χ0v) is 20.1. The van der Waals surface area contributed by atoms with Gasteiger partial charge in [-0.3, -0.25) is 4.79 Å². The van der Waals surface area contributed by atoms with Gasteiger partial charge in [0.2, 0.25) is 0 Å². The predicted octanol–water partition coefficient (Wildman–Crippen LogP) is 4.59. The predicted molar refractivity (Wildman–Crippen MR) is 129 cm³/mol. The number of hydrogen-bond acceptors (Lipinski definition) is 9. The number of nitrogens with one attached hydrogen (secondary N) is 1. The van der Waals surface area contributed by atoms with Crippen molar-refractivity contribution in [3.05, 3.63) is 64.2 Å². The van der Waals surface area contributed by atoms with Crippen LogP contribution in [-0.2, 0) is 19.1 Å². The average molecular weight is 495 g/mol. The average Bonchev–Trinajstić information content (AvgIpc) is 3.47. The van der Waals surface area contributed by atoms with E-state index < -0.39 is 24.5 Å². The number of methoxy groups -OCH3 is 1. The van der Waals surface area contributed by atoms with Gasteiger partial charge in [-0.1, -0.05) is 12.1 Å². The van der Waals surface area contributed by atoms with E-state index in [-0.39, 0.29) is 22.7 Å². The van der Waals surface area contributed by atoms with E-state index in [1.807, 2.05) is 0 Å². The number of esters is 2. The number of hydrogen-bond donors (Lipinski definition) is 1. The highest BCUT2D eigenvalue weighted by Crippen LogP contribution is 2.37. The van der Waals surface area contributed by atoms with Gasteiger partial charge in [0.1, 0.15) is 39.5 Å². The van der Waals surface area contributed by atoms with E-state index in [2.05, 4.69) is 5.32 Å². The zero-order chi connectivity index (χ0) is 25.4. The molecule has 3 aromatic rings. The standard InChI is InChI=1S/C25H22N2O7S/c1-4-32-25(30)22-19(20-10-5-15(2)34-20)14-35-23(22)27-21(28)13-33-24(29)17(12-26)11-16-6-8-18(31-3)9-7-16/h5-11,14H,4,13H2,1-3H3,(H,27,28)/b17-11+. The summed E-state index contributed by atoms with van der Waals surface area (Å²) in [5.41, 5.74) is 0.926. The number of benzene rings is 1. The van der Waals surface area contributed by atoms with Crippen molar-refractivity contribution in [1.82, 2.24) is 0 Å². The largest absolute Gasteiger partial charge is 0.497 e.